The van der Waals surface area contributed by atoms with Crippen molar-refractivity contribution in [3.05, 3.63) is 82.6 Å². The second kappa shape index (κ2) is 19.3. The fourth-order valence-electron chi connectivity index (χ4n) is 7.14. The Hall–Kier alpha value is -5.05. The molecule has 1 aromatic heterocycles. The standard InChI is InChI=1S/C44H51ClN2O12/c1-26(9-8-20-47(5)39(51)22-40(52)59-38-25-53-43(57-29(4)50)42(56-28(3)49)41(38)55-27(2)48)30-12-15-36(45)31(21-30)24-54-44(17-18-44)35-23-46-19-16-33(35)34-10-6-7-11-37(34)58-32-13-14-32/h6-7,10-12,15-16,19,21,23,26,32,38,41-43H,8-9,13-14,17-18,20,22,24-25H2,1-5H3/t26?,38-,41-,42+,43?/m0/s1. The third-order valence-electron chi connectivity index (χ3n) is 10.6. The van der Waals surface area contributed by atoms with E-state index in [9.17, 15) is 24.0 Å². The maximum absolute atomic E-state index is 13.0. The first-order valence-electron chi connectivity index (χ1n) is 19.9. The quantitative estimate of drug-likeness (QED) is 0.0768. The lowest BCUT2D eigenvalue weighted by atomic mass is 9.94. The van der Waals surface area contributed by atoms with Crippen molar-refractivity contribution in [1.29, 1.82) is 0 Å². The topological polar surface area (TPSA) is 166 Å². The first-order chi connectivity index (χ1) is 28.2. The van der Waals surface area contributed by atoms with E-state index in [1.54, 1.807) is 13.2 Å². The summed E-state index contributed by atoms with van der Waals surface area (Å²) in [5.41, 5.74) is 4.62. The van der Waals surface area contributed by atoms with Crippen molar-refractivity contribution in [2.75, 3.05) is 20.2 Å². The van der Waals surface area contributed by atoms with Crippen molar-refractivity contribution in [3.8, 4) is 16.9 Å². The van der Waals surface area contributed by atoms with Gasteiger partial charge in [0.25, 0.3) is 0 Å². The summed E-state index contributed by atoms with van der Waals surface area (Å²) in [5, 5.41) is 0.619. The second-order valence-corrected chi connectivity index (χ2v) is 15.8. The van der Waals surface area contributed by atoms with E-state index < -0.39 is 66.4 Å². The Bertz CT molecular complexity index is 2020. The number of ether oxygens (including phenoxy) is 7. The number of pyridine rings is 1. The van der Waals surface area contributed by atoms with E-state index >= 15 is 0 Å². The van der Waals surface area contributed by atoms with Crippen LogP contribution in [0.1, 0.15) is 95.2 Å². The fraction of sp³-hybridized carbons (Fsp3) is 0.500. The fourth-order valence-corrected chi connectivity index (χ4v) is 7.31. The molecule has 6 rings (SSSR count). The van der Waals surface area contributed by atoms with E-state index in [1.165, 1.54) is 4.90 Å². The maximum atomic E-state index is 13.0. The molecule has 0 bridgehead atoms. The van der Waals surface area contributed by atoms with Gasteiger partial charge in [0.1, 0.15) is 12.2 Å². The number of nitrogens with zero attached hydrogens (tertiary/aromatic N) is 2. The number of para-hydroxylation sites is 1. The third-order valence-corrected chi connectivity index (χ3v) is 10.9. The highest BCUT2D eigenvalue weighted by Gasteiger charge is 2.49. The molecule has 3 fully saturated rings. The molecule has 316 valence electrons. The predicted octanol–water partition coefficient (Wildman–Crippen LogP) is 6.58. The van der Waals surface area contributed by atoms with E-state index in [0.29, 0.717) is 24.6 Å². The average molecular weight is 835 g/mol. The van der Waals surface area contributed by atoms with E-state index in [0.717, 1.165) is 86.4 Å². The molecule has 2 saturated carbocycles. The van der Waals surface area contributed by atoms with Crippen LogP contribution < -0.4 is 4.74 Å². The summed E-state index contributed by atoms with van der Waals surface area (Å²) in [6, 6.07) is 16.1. The minimum Gasteiger partial charge on any atom is -0.490 e. The van der Waals surface area contributed by atoms with E-state index in [-0.39, 0.29) is 18.6 Å². The summed E-state index contributed by atoms with van der Waals surface area (Å²) < 4.78 is 39.5. The van der Waals surface area contributed by atoms with Crippen molar-refractivity contribution in [2.24, 2.45) is 0 Å². The van der Waals surface area contributed by atoms with Crippen molar-refractivity contribution >= 4 is 41.4 Å². The van der Waals surface area contributed by atoms with Crippen LogP contribution in [0.25, 0.3) is 11.1 Å². The minimum atomic E-state index is -1.41. The van der Waals surface area contributed by atoms with Crippen LogP contribution in [0.2, 0.25) is 5.02 Å². The normalized spacial score (nSPS) is 21.1. The Kier molecular flexibility index (Phi) is 14.3. The van der Waals surface area contributed by atoms with E-state index in [1.807, 2.05) is 42.6 Å². The van der Waals surface area contributed by atoms with Crippen LogP contribution in [-0.4, -0.2) is 90.6 Å². The summed E-state index contributed by atoms with van der Waals surface area (Å²) >= 11 is 6.71. The van der Waals surface area contributed by atoms with Crippen LogP contribution in [0.5, 0.6) is 5.75 Å². The Morgan fingerprint density at radius 2 is 1.63 bits per heavy atom. The first kappa shape index (κ1) is 43.5. The second-order valence-electron chi connectivity index (χ2n) is 15.4. The lowest BCUT2D eigenvalue weighted by molar-refractivity contribution is -0.274. The lowest BCUT2D eigenvalue weighted by Gasteiger charge is -2.39. The van der Waals surface area contributed by atoms with Gasteiger partial charge in [-0.15, -0.1) is 0 Å². The summed E-state index contributed by atoms with van der Waals surface area (Å²) in [5.74, 6) is -2.64. The van der Waals surface area contributed by atoms with Crippen LogP contribution in [0.3, 0.4) is 0 Å². The summed E-state index contributed by atoms with van der Waals surface area (Å²) in [6.45, 7) is 5.83. The SMILES string of the molecule is CC(=O)OC1OC[C@H](OC(=O)CC(=O)N(C)CCCC(C)c2ccc(Cl)c(COC3(c4cnccc4-c4ccccc4OC4CC4)CC3)c2)[C@H](OC(C)=O)[C@H]1OC(C)=O. The molecule has 2 aromatic carbocycles. The molecule has 2 aliphatic carbocycles. The number of amides is 1. The van der Waals surface area contributed by atoms with Gasteiger partial charge in [0.2, 0.25) is 18.3 Å². The van der Waals surface area contributed by atoms with Gasteiger partial charge in [-0.1, -0.05) is 48.9 Å². The molecule has 0 radical (unpaired) electrons. The van der Waals surface area contributed by atoms with Gasteiger partial charge in [-0.05, 0) is 79.3 Å². The smallest absolute Gasteiger partial charge is 0.315 e. The molecule has 15 heteroatoms. The Morgan fingerprint density at radius 1 is 0.915 bits per heavy atom. The summed E-state index contributed by atoms with van der Waals surface area (Å²) in [4.78, 5) is 67.2. The maximum Gasteiger partial charge on any atom is 0.315 e. The number of carbonyl (C=O) groups excluding carboxylic acids is 5. The highest BCUT2D eigenvalue weighted by atomic mass is 35.5. The number of carbonyl (C=O) groups is 5. The molecule has 0 spiro atoms. The number of halogens is 1. The number of rotatable bonds is 18. The zero-order chi connectivity index (χ0) is 42.3. The Morgan fingerprint density at radius 3 is 2.32 bits per heavy atom. The summed E-state index contributed by atoms with van der Waals surface area (Å²) in [6.07, 6.45) is 3.27. The molecule has 3 aliphatic rings. The van der Waals surface area contributed by atoms with Gasteiger partial charge in [0.05, 0.1) is 24.9 Å². The van der Waals surface area contributed by atoms with E-state index in [4.69, 9.17) is 44.8 Å². The number of hydrogen-bond donors (Lipinski definition) is 0. The number of benzene rings is 2. The molecule has 5 atom stereocenters. The molecule has 1 saturated heterocycles. The van der Waals surface area contributed by atoms with Crippen LogP contribution in [0.15, 0.2) is 60.9 Å². The number of aromatic nitrogens is 1. The molecular weight excluding hydrogens is 784 g/mol. The Balaban J connectivity index is 1.00. The number of hydrogen-bond acceptors (Lipinski definition) is 13. The molecule has 2 heterocycles. The van der Waals surface area contributed by atoms with Gasteiger partial charge in [-0.2, -0.15) is 0 Å². The van der Waals surface area contributed by atoms with Crippen LogP contribution in [0, 0.1) is 0 Å². The molecule has 2 unspecified atom stereocenters. The van der Waals surface area contributed by atoms with Crippen LogP contribution >= 0.6 is 11.6 Å². The molecule has 1 aliphatic heterocycles. The molecule has 1 amide bonds. The zero-order valence-electron chi connectivity index (χ0n) is 34.0. The van der Waals surface area contributed by atoms with Gasteiger partial charge in [0, 0.05) is 62.9 Å². The first-order valence-corrected chi connectivity index (χ1v) is 20.3. The van der Waals surface area contributed by atoms with Gasteiger partial charge in [0.15, 0.2) is 12.2 Å². The average Bonchev–Trinajstić information content (AvgIpc) is 4.14. The molecule has 3 aromatic rings. The van der Waals surface area contributed by atoms with E-state index in [2.05, 4.69) is 24.0 Å². The van der Waals surface area contributed by atoms with Gasteiger partial charge >= 0.3 is 23.9 Å². The van der Waals surface area contributed by atoms with Crippen LogP contribution in [-0.2, 0) is 64.6 Å². The largest absolute Gasteiger partial charge is 0.490 e. The lowest BCUT2D eigenvalue weighted by Crippen LogP contribution is -2.58. The number of esters is 4. The molecule has 14 nitrogen and oxygen atoms in total. The highest BCUT2D eigenvalue weighted by Crippen LogP contribution is 2.53. The monoisotopic (exact) mass is 834 g/mol. The zero-order valence-corrected chi connectivity index (χ0v) is 34.7. The molecule has 59 heavy (non-hydrogen) atoms. The highest BCUT2D eigenvalue weighted by molar-refractivity contribution is 6.31. The Labute approximate surface area is 348 Å². The van der Waals surface area contributed by atoms with Gasteiger partial charge in [-0.3, -0.25) is 29.0 Å². The van der Waals surface area contributed by atoms with Gasteiger partial charge < -0.3 is 38.1 Å². The summed E-state index contributed by atoms with van der Waals surface area (Å²) in [7, 11) is 1.60. The van der Waals surface area contributed by atoms with Gasteiger partial charge in [-0.25, -0.2) is 0 Å². The minimum absolute atomic E-state index is 0.132. The van der Waals surface area contributed by atoms with Crippen molar-refractivity contribution < 1.29 is 57.1 Å². The van der Waals surface area contributed by atoms with Crippen molar-refractivity contribution in [1.82, 2.24) is 9.88 Å². The molecule has 0 N–H and O–H groups in total. The third kappa shape index (κ3) is 11.6. The van der Waals surface area contributed by atoms with Crippen molar-refractivity contribution in [3.63, 3.8) is 0 Å². The predicted molar refractivity (Wildman–Crippen MR) is 213 cm³/mol. The van der Waals surface area contributed by atoms with Crippen LogP contribution in [0.4, 0.5) is 0 Å². The van der Waals surface area contributed by atoms with Crippen molar-refractivity contribution in [2.45, 2.75) is 121 Å². The molecular formula is C44H51ClN2O12.